The number of halogens is 6. The van der Waals surface area contributed by atoms with Crippen molar-refractivity contribution in [2.45, 2.75) is 19.5 Å². The highest BCUT2D eigenvalue weighted by molar-refractivity contribution is 5.44. The first-order valence-electron chi connectivity index (χ1n) is 4.41. The van der Waals surface area contributed by atoms with Gasteiger partial charge in [-0.2, -0.15) is 13.2 Å². The Morgan fingerprint density at radius 2 is 1.79 bits per heavy atom. The molecule has 0 aromatic carbocycles. The average molecular weight is 290 g/mol. The maximum Gasteiger partial charge on any atom is 0.573 e. The lowest BCUT2D eigenvalue weighted by Gasteiger charge is -2.15. The van der Waals surface area contributed by atoms with E-state index < -0.39 is 40.3 Å². The van der Waals surface area contributed by atoms with Gasteiger partial charge in [-0.25, -0.2) is 0 Å². The maximum absolute atomic E-state index is 12.6. The molecule has 0 radical (unpaired) electrons. The first kappa shape index (κ1) is 15.0. The normalized spacial score (nSPS) is 12.4. The number of hydrogen-bond donors (Lipinski definition) is 0. The highest BCUT2D eigenvalue weighted by Gasteiger charge is 2.43. The third kappa shape index (κ3) is 3.69. The summed E-state index contributed by atoms with van der Waals surface area (Å²) in [6.07, 6.45) is -10.6. The molecule has 1 rings (SSSR count). The second kappa shape index (κ2) is 4.55. The highest BCUT2D eigenvalue weighted by Crippen LogP contribution is 2.41. The van der Waals surface area contributed by atoms with Crippen molar-refractivity contribution in [2.24, 2.45) is 0 Å². The summed E-state index contributed by atoms with van der Waals surface area (Å²) in [6.45, 7) is 0.694. The minimum Gasteiger partial charge on any atom is -0.405 e. The van der Waals surface area contributed by atoms with Gasteiger partial charge in [0, 0.05) is 6.92 Å². The SMILES string of the molecule is Cc1nc([N+](=O)[O-])cc(OC(F)(F)F)c1C(F)(F)F. The minimum atomic E-state index is -5.42. The summed E-state index contributed by atoms with van der Waals surface area (Å²) in [5, 5.41) is 10.4. The van der Waals surface area contributed by atoms with Crippen LogP contribution in [0.15, 0.2) is 6.07 Å². The van der Waals surface area contributed by atoms with Crippen LogP contribution < -0.4 is 4.74 Å². The minimum absolute atomic E-state index is 0.0245. The molecule has 19 heavy (non-hydrogen) atoms. The summed E-state index contributed by atoms with van der Waals surface area (Å²) in [6, 6.07) is -0.0245. The number of hydrogen-bond acceptors (Lipinski definition) is 4. The van der Waals surface area contributed by atoms with E-state index >= 15 is 0 Å². The van der Waals surface area contributed by atoms with Crippen LogP contribution in [0.25, 0.3) is 0 Å². The molecular weight excluding hydrogens is 286 g/mol. The Kier molecular flexibility index (Phi) is 3.59. The van der Waals surface area contributed by atoms with Gasteiger partial charge in [-0.15, -0.1) is 13.2 Å². The van der Waals surface area contributed by atoms with Crippen LogP contribution in [0.3, 0.4) is 0 Å². The van der Waals surface area contributed by atoms with Crippen molar-refractivity contribution in [1.82, 2.24) is 4.98 Å². The molecule has 0 spiro atoms. The topological polar surface area (TPSA) is 65.3 Å². The first-order chi connectivity index (χ1) is 8.42. The van der Waals surface area contributed by atoms with E-state index in [1.54, 1.807) is 0 Å². The van der Waals surface area contributed by atoms with E-state index in [4.69, 9.17) is 0 Å². The molecule has 0 saturated heterocycles. The smallest absolute Gasteiger partial charge is 0.405 e. The van der Waals surface area contributed by atoms with Crippen LogP contribution in [-0.2, 0) is 6.18 Å². The largest absolute Gasteiger partial charge is 0.573 e. The number of aromatic nitrogens is 1. The number of rotatable bonds is 2. The second-order valence-electron chi connectivity index (χ2n) is 3.24. The summed E-state index contributed by atoms with van der Waals surface area (Å²) in [4.78, 5) is 12.1. The second-order valence-corrected chi connectivity index (χ2v) is 3.24. The predicted molar refractivity (Wildman–Crippen MR) is 47.3 cm³/mol. The lowest BCUT2D eigenvalue weighted by atomic mass is 10.1. The van der Waals surface area contributed by atoms with Crippen LogP contribution in [0.2, 0.25) is 0 Å². The Morgan fingerprint density at radius 1 is 1.26 bits per heavy atom. The fraction of sp³-hybridized carbons (Fsp3) is 0.375. The zero-order chi connectivity index (χ0) is 15.0. The molecule has 1 aromatic heterocycles. The number of nitrogens with zero attached hydrogens (tertiary/aromatic N) is 2. The lowest BCUT2D eigenvalue weighted by Crippen LogP contribution is -2.21. The zero-order valence-corrected chi connectivity index (χ0v) is 8.96. The summed E-state index contributed by atoms with van der Waals surface area (Å²) >= 11 is 0. The molecule has 5 nitrogen and oxygen atoms in total. The summed E-state index contributed by atoms with van der Waals surface area (Å²) in [5.41, 5.74) is -2.80. The van der Waals surface area contributed by atoms with E-state index in [2.05, 4.69) is 9.72 Å². The Bertz CT molecular complexity index is 510. The van der Waals surface area contributed by atoms with Crippen molar-refractivity contribution >= 4 is 5.82 Å². The van der Waals surface area contributed by atoms with E-state index in [-0.39, 0.29) is 6.07 Å². The van der Waals surface area contributed by atoms with Crippen molar-refractivity contribution < 1.29 is 36.0 Å². The van der Waals surface area contributed by atoms with E-state index in [0.29, 0.717) is 6.92 Å². The molecule has 0 aliphatic carbocycles. The molecule has 0 aliphatic rings. The van der Waals surface area contributed by atoms with Crippen molar-refractivity contribution in [3.05, 3.63) is 27.4 Å². The van der Waals surface area contributed by atoms with Gasteiger partial charge in [0.25, 0.3) is 0 Å². The van der Waals surface area contributed by atoms with Gasteiger partial charge < -0.3 is 14.9 Å². The summed E-state index contributed by atoms with van der Waals surface area (Å²) in [5.74, 6) is -2.89. The van der Waals surface area contributed by atoms with E-state index in [1.807, 2.05) is 0 Å². The van der Waals surface area contributed by atoms with Gasteiger partial charge in [0.15, 0.2) is 11.4 Å². The fourth-order valence-corrected chi connectivity index (χ4v) is 1.27. The van der Waals surface area contributed by atoms with Gasteiger partial charge >= 0.3 is 18.4 Å². The summed E-state index contributed by atoms with van der Waals surface area (Å²) < 4.78 is 76.8. The van der Waals surface area contributed by atoms with Crippen LogP contribution >= 0.6 is 0 Å². The monoisotopic (exact) mass is 290 g/mol. The number of nitro groups is 1. The van der Waals surface area contributed by atoms with Crippen molar-refractivity contribution in [1.29, 1.82) is 0 Å². The van der Waals surface area contributed by atoms with Crippen LogP contribution in [0.5, 0.6) is 5.75 Å². The molecule has 0 unspecified atom stereocenters. The van der Waals surface area contributed by atoms with Gasteiger partial charge in [0.05, 0.1) is 6.07 Å². The average Bonchev–Trinajstić information content (AvgIpc) is 2.10. The maximum atomic E-state index is 12.6. The number of alkyl halides is 6. The number of pyridine rings is 1. The summed E-state index contributed by atoms with van der Waals surface area (Å²) in [7, 11) is 0. The molecule has 0 N–H and O–H groups in total. The molecule has 1 aromatic rings. The van der Waals surface area contributed by atoms with E-state index in [1.165, 1.54) is 0 Å². The molecule has 0 bridgehead atoms. The van der Waals surface area contributed by atoms with Crippen molar-refractivity contribution in [3.63, 3.8) is 0 Å². The molecule has 1 heterocycles. The Labute approximate surface area is 101 Å². The number of aryl methyl sites for hydroxylation is 1. The quantitative estimate of drug-likeness (QED) is 0.476. The van der Waals surface area contributed by atoms with Gasteiger partial charge in [-0.05, 0) is 9.91 Å². The van der Waals surface area contributed by atoms with Crippen molar-refractivity contribution in [3.8, 4) is 5.75 Å². The molecule has 0 aliphatic heterocycles. The molecule has 0 amide bonds. The molecular formula is C8H4F6N2O3. The van der Waals surface area contributed by atoms with Crippen LogP contribution in [0.4, 0.5) is 32.2 Å². The lowest BCUT2D eigenvalue weighted by molar-refractivity contribution is -0.389. The Hall–Kier alpha value is -2.07. The van der Waals surface area contributed by atoms with Crippen molar-refractivity contribution in [2.75, 3.05) is 0 Å². The van der Waals surface area contributed by atoms with E-state index in [9.17, 15) is 36.5 Å². The molecule has 0 atom stereocenters. The predicted octanol–water partition coefficient (Wildman–Crippen LogP) is 3.22. The van der Waals surface area contributed by atoms with Gasteiger partial charge in [-0.3, -0.25) is 0 Å². The Balaban J connectivity index is 3.49. The molecule has 0 saturated carbocycles. The number of ether oxygens (including phenoxy) is 1. The van der Waals surface area contributed by atoms with Crippen LogP contribution in [0.1, 0.15) is 11.3 Å². The molecule has 11 heteroatoms. The first-order valence-corrected chi connectivity index (χ1v) is 4.41. The van der Waals surface area contributed by atoms with E-state index in [0.717, 1.165) is 0 Å². The van der Waals surface area contributed by atoms with Crippen LogP contribution in [-0.4, -0.2) is 16.3 Å². The standard InChI is InChI=1S/C8H4F6N2O3/c1-3-6(7(9,10)11)4(19-8(12,13)14)2-5(15-3)16(17)18/h2H,1H3. The highest BCUT2D eigenvalue weighted by atomic mass is 19.4. The molecule has 106 valence electrons. The van der Waals surface area contributed by atoms with Crippen LogP contribution in [0, 0.1) is 17.0 Å². The third-order valence-electron chi connectivity index (χ3n) is 1.85. The van der Waals surface area contributed by atoms with Gasteiger partial charge in [0.1, 0.15) is 5.56 Å². The molecule has 0 fully saturated rings. The van der Waals surface area contributed by atoms with Gasteiger partial charge in [-0.1, -0.05) is 0 Å². The zero-order valence-electron chi connectivity index (χ0n) is 8.96. The fourth-order valence-electron chi connectivity index (χ4n) is 1.27. The Morgan fingerprint density at radius 3 is 2.16 bits per heavy atom. The van der Waals surface area contributed by atoms with Gasteiger partial charge in [0.2, 0.25) is 0 Å². The third-order valence-corrected chi connectivity index (χ3v) is 1.85.